The van der Waals surface area contributed by atoms with Crippen molar-refractivity contribution in [3.8, 4) is 0 Å². The summed E-state index contributed by atoms with van der Waals surface area (Å²) in [7, 11) is 1.89. The number of hydrogen-bond acceptors (Lipinski definition) is 4. The summed E-state index contributed by atoms with van der Waals surface area (Å²) in [4.78, 5) is 16.8. The van der Waals surface area contributed by atoms with E-state index in [1.54, 1.807) is 17.5 Å². The summed E-state index contributed by atoms with van der Waals surface area (Å²) in [5.41, 5.74) is 1.55. The van der Waals surface area contributed by atoms with E-state index in [0.717, 1.165) is 27.2 Å². The molecule has 0 saturated carbocycles. The topological polar surface area (TPSA) is 52.7 Å². The largest absolute Gasteiger partial charge is 0.323 e. The van der Waals surface area contributed by atoms with Crippen LogP contribution in [0.15, 0.2) is 11.0 Å². The zero-order valence-electron chi connectivity index (χ0n) is 10.6. The van der Waals surface area contributed by atoms with Crippen LogP contribution in [0.4, 0.5) is 0 Å². The third-order valence-corrected chi connectivity index (χ3v) is 4.06. The molecule has 0 bridgehead atoms. The van der Waals surface area contributed by atoms with Crippen LogP contribution in [0.1, 0.15) is 18.4 Å². The minimum atomic E-state index is -0.0281. The Balaban J connectivity index is 2.45. The van der Waals surface area contributed by atoms with Gasteiger partial charge in [0.25, 0.3) is 5.56 Å². The number of thiazole rings is 1. The van der Waals surface area contributed by atoms with Crippen LogP contribution < -0.4 is 5.56 Å². The van der Waals surface area contributed by atoms with E-state index in [-0.39, 0.29) is 5.56 Å². The van der Waals surface area contributed by atoms with Gasteiger partial charge in [0, 0.05) is 19.0 Å². The van der Waals surface area contributed by atoms with Gasteiger partial charge in [-0.05, 0) is 13.3 Å². The number of fused-ring (bicyclic) bond motifs is 3. The molecule has 0 aromatic carbocycles. The van der Waals surface area contributed by atoms with Crippen molar-refractivity contribution in [1.82, 2.24) is 19.3 Å². The fourth-order valence-corrected chi connectivity index (χ4v) is 3.23. The zero-order valence-corrected chi connectivity index (χ0v) is 11.4. The molecule has 18 heavy (non-hydrogen) atoms. The summed E-state index contributed by atoms with van der Waals surface area (Å²) in [6, 6.07) is 0. The Hall–Kier alpha value is -1.69. The smallest absolute Gasteiger partial charge is 0.291 e. The van der Waals surface area contributed by atoms with E-state index < -0.39 is 0 Å². The molecule has 0 atom stereocenters. The van der Waals surface area contributed by atoms with Crippen LogP contribution >= 0.6 is 11.3 Å². The van der Waals surface area contributed by atoms with Gasteiger partial charge in [-0.25, -0.2) is 9.67 Å². The highest BCUT2D eigenvalue weighted by atomic mass is 32.1. The van der Waals surface area contributed by atoms with Crippen molar-refractivity contribution in [3.05, 3.63) is 21.6 Å². The lowest BCUT2D eigenvalue weighted by atomic mass is 10.3. The van der Waals surface area contributed by atoms with Crippen LogP contribution in [-0.2, 0) is 13.6 Å². The SMILES string of the molecule is CCCn1ncc2c3sc(C)nc3n(C)c2c1=O. The molecule has 0 spiro atoms. The van der Waals surface area contributed by atoms with Crippen molar-refractivity contribution in [2.75, 3.05) is 0 Å². The first-order chi connectivity index (χ1) is 8.63. The first-order valence-corrected chi connectivity index (χ1v) is 6.76. The van der Waals surface area contributed by atoms with Crippen molar-refractivity contribution in [1.29, 1.82) is 0 Å². The molecule has 0 aliphatic heterocycles. The maximum atomic E-state index is 12.3. The number of aromatic nitrogens is 4. The summed E-state index contributed by atoms with van der Waals surface area (Å²) in [5, 5.41) is 6.16. The van der Waals surface area contributed by atoms with Gasteiger partial charge in [-0.1, -0.05) is 6.92 Å². The maximum Gasteiger partial charge on any atom is 0.291 e. The van der Waals surface area contributed by atoms with Gasteiger partial charge in [-0.2, -0.15) is 5.10 Å². The van der Waals surface area contributed by atoms with Crippen molar-refractivity contribution in [2.45, 2.75) is 26.8 Å². The summed E-state index contributed by atoms with van der Waals surface area (Å²) >= 11 is 1.61. The molecule has 0 fully saturated rings. The second-order valence-corrected chi connectivity index (χ2v) is 5.58. The third kappa shape index (κ3) is 1.42. The van der Waals surface area contributed by atoms with Gasteiger partial charge >= 0.3 is 0 Å². The van der Waals surface area contributed by atoms with E-state index in [1.807, 2.05) is 25.5 Å². The zero-order chi connectivity index (χ0) is 12.9. The molecule has 3 aromatic rings. The van der Waals surface area contributed by atoms with Gasteiger partial charge < -0.3 is 4.57 Å². The predicted octanol–water partition coefficient (Wildman–Crippen LogP) is 2.06. The van der Waals surface area contributed by atoms with Gasteiger partial charge in [-0.3, -0.25) is 4.79 Å². The average Bonchev–Trinajstić information content (AvgIpc) is 2.82. The molecule has 6 heteroatoms. The lowest BCUT2D eigenvalue weighted by Gasteiger charge is -2.02. The quantitative estimate of drug-likeness (QED) is 0.710. The van der Waals surface area contributed by atoms with Crippen LogP contribution in [0, 0.1) is 6.92 Å². The van der Waals surface area contributed by atoms with E-state index in [0.29, 0.717) is 12.1 Å². The molecule has 94 valence electrons. The number of hydrogen-bond donors (Lipinski definition) is 0. The third-order valence-electron chi connectivity index (χ3n) is 3.07. The Morgan fingerprint density at radius 2 is 2.22 bits per heavy atom. The lowest BCUT2D eigenvalue weighted by molar-refractivity contribution is 0.572. The van der Waals surface area contributed by atoms with E-state index >= 15 is 0 Å². The fourth-order valence-electron chi connectivity index (χ4n) is 2.26. The molecule has 0 aliphatic rings. The Bertz CT molecular complexity index is 796. The van der Waals surface area contributed by atoms with Crippen LogP contribution in [0.2, 0.25) is 0 Å². The fraction of sp³-hybridized carbons (Fsp3) is 0.417. The molecule has 0 aliphatic carbocycles. The lowest BCUT2D eigenvalue weighted by Crippen LogP contribution is -2.23. The van der Waals surface area contributed by atoms with Crippen LogP contribution in [-0.4, -0.2) is 19.3 Å². The molecular formula is C12H14N4OS. The number of aryl methyl sites for hydroxylation is 3. The molecule has 0 N–H and O–H groups in total. The molecule has 0 unspecified atom stereocenters. The summed E-state index contributed by atoms with van der Waals surface area (Å²) < 4.78 is 4.46. The molecule has 0 amide bonds. The Kier molecular flexibility index (Phi) is 2.48. The average molecular weight is 262 g/mol. The Morgan fingerprint density at radius 3 is 2.94 bits per heavy atom. The molecule has 3 rings (SSSR count). The molecule has 3 heterocycles. The highest BCUT2D eigenvalue weighted by Gasteiger charge is 2.16. The van der Waals surface area contributed by atoms with Gasteiger partial charge in [0.2, 0.25) is 0 Å². The summed E-state index contributed by atoms with van der Waals surface area (Å²) in [6.07, 6.45) is 2.68. The molecule has 5 nitrogen and oxygen atoms in total. The number of nitrogens with zero attached hydrogens (tertiary/aromatic N) is 4. The molecular weight excluding hydrogens is 248 g/mol. The van der Waals surface area contributed by atoms with Crippen molar-refractivity contribution in [3.63, 3.8) is 0 Å². The first kappa shape index (κ1) is 11.4. The monoisotopic (exact) mass is 262 g/mol. The standard InChI is InChI=1S/C12H14N4OS/c1-4-5-16-12(17)9-8(6-13-16)10-11(15(9)3)14-7(2)18-10/h6H,4-5H2,1-3H3. The van der Waals surface area contributed by atoms with Gasteiger partial charge in [-0.15, -0.1) is 11.3 Å². The van der Waals surface area contributed by atoms with E-state index in [4.69, 9.17) is 0 Å². The molecule has 3 aromatic heterocycles. The maximum absolute atomic E-state index is 12.3. The van der Waals surface area contributed by atoms with E-state index in [9.17, 15) is 4.79 Å². The predicted molar refractivity (Wildman–Crippen MR) is 73.2 cm³/mol. The van der Waals surface area contributed by atoms with E-state index in [2.05, 4.69) is 10.1 Å². The van der Waals surface area contributed by atoms with Crippen molar-refractivity contribution >= 4 is 32.6 Å². The van der Waals surface area contributed by atoms with Crippen molar-refractivity contribution in [2.24, 2.45) is 7.05 Å². The summed E-state index contributed by atoms with van der Waals surface area (Å²) in [6.45, 7) is 4.66. The Morgan fingerprint density at radius 1 is 1.44 bits per heavy atom. The summed E-state index contributed by atoms with van der Waals surface area (Å²) in [5.74, 6) is 0. The minimum absolute atomic E-state index is 0.0281. The van der Waals surface area contributed by atoms with E-state index in [1.165, 1.54) is 4.68 Å². The highest BCUT2D eigenvalue weighted by Crippen LogP contribution is 2.30. The van der Waals surface area contributed by atoms with Gasteiger partial charge in [0.15, 0.2) is 5.65 Å². The number of rotatable bonds is 2. The van der Waals surface area contributed by atoms with Crippen LogP contribution in [0.25, 0.3) is 21.3 Å². The normalized spacial score (nSPS) is 11.7. The van der Waals surface area contributed by atoms with Gasteiger partial charge in [0.1, 0.15) is 5.52 Å². The Labute approximate surface area is 108 Å². The molecule has 0 radical (unpaired) electrons. The van der Waals surface area contributed by atoms with Crippen LogP contribution in [0.5, 0.6) is 0 Å². The van der Waals surface area contributed by atoms with Crippen LogP contribution in [0.3, 0.4) is 0 Å². The first-order valence-electron chi connectivity index (χ1n) is 5.95. The van der Waals surface area contributed by atoms with Gasteiger partial charge in [0.05, 0.1) is 15.9 Å². The highest BCUT2D eigenvalue weighted by molar-refractivity contribution is 7.19. The molecule has 0 saturated heterocycles. The van der Waals surface area contributed by atoms with Crippen molar-refractivity contribution < 1.29 is 0 Å². The minimum Gasteiger partial charge on any atom is -0.323 e. The second-order valence-electron chi connectivity index (χ2n) is 4.38. The second kappa shape index (κ2) is 3.91.